The SMILES string of the molecule is COc1ccc(/C=N\NC(=O)c2cc(-c3c(C)nn(-c4ccccc4)c3C)n[nH]2)cc1. The van der Waals surface area contributed by atoms with Crippen LogP contribution in [0.15, 0.2) is 65.8 Å². The molecule has 1 amide bonds. The predicted octanol–water partition coefficient (Wildman–Crippen LogP) is 3.65. The van der Waals surface area contributed by atoms with Gasteiger partial charge >= 0.3 is 0 Å². The molecule has 0 unspecified atom stereocenters. The molecule has 2 aromatic heterocycles. The number of carbonyl (C=O) groups is 1. The third kappa shape index (κ3) is 4.23. The zero-order valence-electron chi connectivity index (χ0n) is 17.5. The number of nitrogens with one attached hydrogen (secondary N) is 2. The fourth-order valence-electron chi connectivity index (χ4n) is 3.32. The van der Waals surface area contributed by atoms with Crippen molar-refractivity contribution in [1.82, 2.24) is 25.4 Å². The highest BCUT2D eigenvalue weighted by molar-refractivity contribution is 5.94. The van der Waals surface area contributed by atoms with Crippen molar-refractivity contribution in [2.45, 2.75) is 13.8 Å². The minimum Gasteiger partial charge on any atom is -0.497 e. The van der Waals surface area contributed by atoms with E-state index in [4.69, 9.17) is 4.74 Å². The Morgan fingerprint density at radius 3 is 2.58 bits per heavy atom. The average molecular weight is 414 g/mol. The minimum atomic E-state index is -0.380. The second-order valence-corrected chi connectivity index (χ2v) is 6.93. The van der Waals surface area contributed by atoms with E-state index in [9.17, 15) is 4.79 Å². The smallest absolute Gasteiger partial charge is 0.289 e. The van der Waals surface area contributed by atoms with Gasteiger partial charge in [-0.2, -0.15) is 15.3 Å². The van der Waals surface area contributed by atoms with Gasteiger partial charge in [-0.15, -0.1) is 0 Å². The number of para-hydroxylation sites is 1. The summed E-state index contributed by atoms with van der Waals surface area (Å²) in [6, 6.07) is 18.9. The lowest BCUT2D eigenvalue weighted by Gasteiger charge is -2.04. The van der Waals surface area contributed by atoms with Gasteiger partial charge in [0, 0.05) is 5.56 Å². The zero-order valence-corrected chi connectivity index (χ0v) is 17.5. The number of aryl methyl sites for hydroxylation is 1. The number of ether oxygens (including phenoxy) is 1. The first kappa shape index (κ1) is 20.1. The Morgan fingerprint density at radius 2 is 1.87 bits per heavy atom. The van der Waals surface area contributed by atoms with Gasteiger partial charge < -0.3 is 4.74 Å². The Bertz CT molecular complexity index is 1220. The second-order valence-electron chi connectivity index (χ2n) is 6.93. The summed E-state index contributed by atoms with van der Waals surface area (Å²) in [6.45, 7) is 3.91. The van der Waals surface area contributed by atoms with Gasteiger partial charge in [0.15, 0.2) is 0 Å². The number of aromatic nitrogens is 4. The normalized spacial score (nSPS) is 11.1. The number of H-pyrrole nitrogens is 1. The van der Waals surface area contributed by atoms with Crippen LogP contribution in [-0.4, -0.2) is 39.2 Å². The molecule has 0 bridgehead atoms. The molecular weight excluding hydrogens is 392 g/mol. The molecule has 0 spiro atoms. The predicted molar refractivity (Wildman–Crippen MR) is 119 cm³/mol. The first-order chi connectivity index (χ1) is 15.1. The minimum absolute atomic E-state index is 0.313. The fraction of sp³-hybridized carbons (Fsp3) is 0.130. The largest absolute Gasteiger partial charge is 0.497 e. The lowest BCUT2D eigenvalue weighted by Crippen LogP contribution is -2.17. The van der Waals surface area contributed by atoms with Gasteiger partial charge in [-0.1, -0.05) is 18.2 Å². The molecule has 31 heavy (non-hydrogen) atoms. The molecule has 2 heterocycles. The van der Waals surface area contributed by atoms with E-state index in [0.29, 0.717) is 11.4 Å². The molecule has 8 heteroatoms. The molecule has 4 aromatic rings. The molecular formula is C23H22N6O2. The monoisotopic (exact) mass is 414 g/mol. The number of hydrazone groups is 1. The number of methoxy groups -OCH3 is 1. The average Bonchev–Trinajstić information content (AvgIpc) is 3.39. The van der Waals surface area contributed by atoms with Crippen molar-refractivity contribution < 1.29 is 9.53 Å². The fourth-order valence-corrected chi connectivity index (χ4v) is 3.32. The van der Waals surface area contributed by atoms with Crippen LogP contribution in [0.3, 0.4) is 0 Å². The van der Waals surface area contributed by atoms with Crippen molar-refractivity contribution in [3.05, 3.63) is 83.3 Å². The van der Waals surface area contributed by atoms with Crippen LogP contribution in [0, 0.1) is 13.8 Å². The number of rotatable bonds is 6. The van der Waals surface area contributed by atoms with Crippen molar-refractivity contribution in [3.63, 3.8) is 0 Å². The van der Waals surface area contributed by atoms with Crippen LogP contribution in [0.4, 0.5) is 0 Å². The standard InChI is InChI=1S/C23H22N6O2/c1-15-22(16(2)29(28-15)18-7-5-4-6-8-18)20-13-21(26-25-20)23(30)27-24-14-17-9-11-19(31-3)12-10-17/h4-14H,1-3H3,(H,25,26)(H,27,30)/b24-14-. The van der Waals surface area contributed by atoms with Crippen LogP contribution in [0.5, 0.6) is 5.75 Å². The summed E-state index contributed by atoms with van der Waals surface area (Å²) >= 11 is 0. The highest BCUT2D eigenvalue weighted by Crippen LogP contribution is 2.27. The molecule has 0 saturated carbocycles. The second kappa shape index (κ2) is 8.66. The molecule has 0 aliphatic heterocycles. The van der Waals surface area contributed by atoms with Crippen LogP contribution < -0.4 is 10.2 Å². The molecule has 0 atom stereocenters. The Balaban J connectivity index is 1.50. The molecule has 0 aliphatic carbocycles. The third-order valence-corrected chi connectivity index (χ3v) is 4.87. The quantitative estimate of drug-likeness (QED) is 0.372. The maximum absolute atomic E-state index is 12.4. The first-order valence-electron chi connectivity index (χ1n) is 9.71. The van der Waals surface area contributed by atoms with E-state index in [1.807, 2.05) is 73.1 Å². The zero-order chi connectivity index (χ0) is 21.8. The van der Waals surface area contributed by atoms with Gasteiger partial charge in [-0.25, -0.2) is 10.1 Å². The lowest BCUT2D eigenvalue weighted by atomic mass is 10.1. The molecule has 8 nitrogen and oxygen atoms in total. The number of nitrogens with zero attached hydrogens (tertiary/aromatic N) is 4. The van der Waals surface area contributed by atoms with E-state index in [1.54, 1.807) is 19.4 Å². The number of benzene rings is 2. The molecule has 2 aromatic carbocycles. The molecule has 156 valence electrons. The summed E-state index contributed by atoms with van der Waals surface area (Å²) < 4.78 is 6.99. The maximum atomic E-state index is 12.4. The molecule has 2 N–H and O–H groups in total. The van der Waals surface area contributed by atoms with E-state index in [-0.39, 0.29) is 5.91 Å². The van der Waals surface area contributed by atoms with Crippen LogP contribution in [0.2, 0.25) is 0 Å². The Morgan fingerprint density at radius 1 is 1.13 bits per heavy atom. The van der Waals surface area contributed by atoms with Gasteiger partial charge in [-0.05, 0) is 61.9 Å². The lowest BCUT2D eigenvalue weighted by molar-refractivity contribution is 0.0950. The van der Waals surface area contributed by atoms with Crippen LogP contribution in [0.25, 0.3) is 16.9 Å². The van der Waals surface area contributed by atoms with E-state index in [0.717, 1.165) is 34.0 Å². The molecule has 4 rings (SSSR count). The van der Waals surface area contributed by atoms with Gasteiger partial charge in [0.25, 0.3) is 5.91 Å². The first-order valence-corrected chi connectivity index (χ1v) is 9.71. The Kier molecular flexibility index (Phi) is 5.61. The third-order valence-electron chi connectivity index (χ3n) is 4.87. The molecule has 0 aliphatic rings. The van der Waals surface area contributed by atoms with Crippen molar-refractivity contribution in [3.8, 4) is 22.7 Å². The summed E-state index contributed by atoms with van der Waals surface area (Å²) in [4.78, 5) is 12.4. The van der Waals surface area contributed by atoms with E-state index < -0.39 is 0 Å². The van der Waals surface area contributed by atoms with E-state index >= 15 is 0 Å². The number of hydrogen-bond acceptors (Lipinski definition) is 5. The molecule has 0 radical (unpaired) electrons. The Labute approximate surface area is 179 Å². The van der Waals surface area contributed by atoms with E-state index in [1.165, 1.54) is 0 Å². The van der Waals surface area contributed by atoms with Crippen LogP contribution in [0.1, 0.15) is 27.4 Å². The molecule has 0 fully saturated rings. The highest BCUT2D eigenvalue weighted by Gasteiger charge is 2.18. The molecule has 0 saturated heterocycles. The van der Waals surface area contributed by atoms with Crippen LogP contribution >= 0.6 is 0 Å². The van der Waals surface area contributed by atoms with Crippen molar-refractivity contribution in [2.24, 2.45) is 5.10 Å². The topological polar surface area (TPSA) is 97.2 Å². The van der Waals surface area contributed by atoms with Gasteiger partial charge in [-0.3, -0.25) is 9.89 Å². The number of carbonyl (C=O) groups excluding carboxylic acids is 1. The highest BCUT2D eigenvalue weighted by atomic mass is 16.5. The van der Waals surface area contributed by atoms with Gasteiger partial charge in [0.2, 0.25) is 0 Å². The summed E-state index contributed by atoms with van der Waals surface area (Å²) in [7, 11) is 1.61. The van der Waals surface area contributed by atoms with Crippen molar-refractivity contribution >= 4 is 12.1 Å². The summed E-state index contributed by atoms with van der Waals surface area (Å²) in [5, 5.41) is 15.7. The van der Waals surface area contributed by atoms with Crippen LogP contribution in [-0.2, 0) is 0 Å². The summed E-state index contributed by atoms with van der Waals surface area (Å²) in [5.74, 6) is 0.376. The van der Waals surface area contributed by atoms with Crippen molar-refractivity contribution in [2.75, 3.05) is 7.11 Å². The summed E-state index contributed by atoms with van der Waals surface area (Å²) in [6.07, 6.45) is 1.56. The number of amides is 1. The number of hydrogen-bond donors (Lipinski definition) is 2. The van der Waals surface area contributed by atoms with Gasteiger partial charge in [0.05, 0.1) is 36.1 Å². The van der Waals surface area contributed by atoms with E-state index in [2.05, 4.69) is 25.8 Å². The maximum Gasteiger partial charge on any atom is 0.289 e. The number of aromatic amines is 1. The summed E-state index contributed by atoms with van der Waals surface area (Å²) in [5.41, 5.74) is 7.95. The Hall–Kier alpha value is -4.20. The van der Waals surface area contributed by atoms with Gasteiger partial charge in [0.1, 0.15) is 11.4 Å². The van der Waals surface area contributed by atoms with Crippen molar-refractivity contribution in [1.29, 1.82) is 0 Å².